The number of aryl methyl sites for hydroxylation is 1. The topological polar surface area (TPSA) is 34.9 Å². The molecule has 0 radical (unpaired) electrons. The van der Waals surface area contributed by atoms with E-state index in [9.17, 15) is 4.79 Å². The normalized spacial score (nSPS) is 11.3. The van der Waals surface area contributed by atoms with E-state index < -0.39 is 0 Å². The molecule has 132 valence electrons. The van der Waals surface area contributed by atoms with Crippen LogP contribution in [0.1, 0.15) is 17.0 Å². The van der Waals surface area contributed by atoms with Gasteiger partial charge in [-0.25, -0.2) is 4.98 Å². The lowest BCUT2D eigenvalue weighted by atomic mass is 10.1. The van der Waals surface area contributed by atoms with E-state index in [2.05, 4.69) is 41.6 Å². The lowest BCUT2D eigenvalue weighted by Gasteiger charge is -2.11. The number of nitrogens with zero attached hydrogens (tertiary/aromatic N) is 2. The second-order valence-electron chi connectivity index (χ2n) is 6.36. The highest BCUT2D eigenvalue weighted by molar-refractivity contribution is 14.1. The summed E-state index contributed by atoms with van der Waals surface area (Å²) < 4.78 is 2.69. The molecule has 3 nitrogen and oxygen atoms in total. The maximum Gasteiger partial charge on any atom is 0.266 e. The Morgan fingerprint density at radius 3 is 2.52 bits per heavy atom. The second-order valence-corrected chi connectivity index (χ2v) is 7.60. The zero-order valence-corrected chi connectivity index (χ0v) is 16.9. The molecule has 1 heterocycles. The Hall–Kier alpha value is -2.73. The minimum absolute atomic E-state index is 0.0615. The van der Waals surface area contributed by atoms with Gasteiger partial charge >= 0.3 is 0 Å². The lowest BCUT2D eigenvalue weighted by molar-refractivity contribution is 0.944. The molecule has 3 aromatic carbocycles. The average Bonchev–Trinajstić information content (AvgIpc) is 2.68. The van der Waals surface area contributed by atoms with Crippen LogP contribution in [0.2, 0.25) is 0 Å². The number of aromatic nitrogens is 2. The average molecular weight is 464 g/mol. The summed E-state index contributed by atoms with van der Waals surface area (Å²) in [5, 5.41) is 0.624. The Morgan fingerprint density at radius 1 is 0.926 bits per heavy atom. The number of fused-ring (bicyclic) bond motifs is 1. The first-order chi connectivity index (χ1) is 13.1. The van der Waals surface area contributed by atoms with E-state index in [4.69, 9.17) is 4.98 Å². The Morgan fingerprint density at radius 2 is 1.74 bits per heavy atom. The third-order valence-corrected chi connectivity index (χ3v) is 5.01. The fourth-order valence-electron chi connectivity index (χ4n) is 3.06. The number of para-hydroxylation sites is 1. The van der Waals surface area contributed by atoms with Gasteiger partial charge in [0.25, 0.3) is 5.56 Å². The van der Waals surface area contributed by atoms with Gasteiger partial charge in [-0.3, -0.25) is 9.36 Å². The van der Waals surface area contributed by atoms with Crippen LogP contribution < -0.4 is 5.56 Å². The van der Waals surface area contributed by atoms with Crippen LogP contribution in [0.3, 0.4) is 0 Å². The third-order valence-electron chi connectivity index (χ3n) is 4.34. The molecule has 0 atom stereocenters. The molecular weight excluding hydrogens is 447 g/mol. The summed E-state index contributed by atoms with van der Waals surface area (Å²) in [5.74, 6) is 0.612. The van der Waals surface area contributed by atoms with Crippen LogP contribution in [0.15, 0.2) is 77.6 Å². The molecule has 0 amide bonds. The molecule has 27 heavy (non-hydrogen) atoms. The van der Waals surface area contributed by atoms with Crippen molar-refractivity contribution < 1.29 is 0 Å². The number of rotatable bonds is 3. The molecule has 0 aliphatic carbocycles. The smallest absolute Gasteiger partial charge is 0.266 e. The van der Waals surface area contributed by atoms with E-state index in [0.717, 1.165) is 14.8 Å². The van der Waals surface area contributed by atoms with Gasteiger partial charge in [-0.1, -0.05) is 54.1 Å². The number of benzene rings is 3. The Labute approximate surface area is 171 Å². The molecule has 0 spiro atoms. The maximum atomic E-state index is 13.3. The number of hydrogen-bond donors (Lipinski definition) is 0. The first kappa shape index (κ1) is 17.7. The van der Waals surface area contributed by atoms with E-state index in [1.165, 1.54) is 5.56 Å². The number of halogens is 1. The molecule has 0 aliphatic rings. The van der Waals surface area contributed by atoms with Crippen molar-refractivity contribution in [2.75, 3.05) is 0 Å². The summed E-state index contributed by atoms with van der Waals surface area (Å²) in [4.78, 5) is 18.0. The molecule has 4 rings (SSSR count). The van der Waals surface area contributed by atoms with Gasteiger partial charge in [0, 0.05) is 3.57 Å². The van der Waals surface area contributed by atoms with Gasteiger partial charge < -0.3 is 0 Å². The van der Waals surface area contributed by atoms with Crippen LogP contribution in [0.4, 0.5) is 0 Å². The number of hydrogen-bond acceptors (Lipinski definition) is 2. The zero-order chi connectivity index (χ0) is 18.8. The minimum Gasteiger partial charge on any atom is -0.268 e. The minimum atomic E-state index is -0.0615. The summed E-state index contributed by atoms with van der Waals surface area (Å²) in [7, 11) is 0. The zero-order valence-electron chi connectivity index (χ0n) is 14.8. The van der Waals surface area contributed by atoms with E-state index >= 15 is 0 Å². The molecule has 0 bridgehead atoms. The van der Waals surface area contributed by atoms with Crippen LogP contribution in [-0.4, -0.2) is 9.55 Å². The molecule has 1 aromatic heterocycles. The molecule has 0 N–H and O–H groups in total. The largest absolute Gasteiger partial charge is 0.268 e. The molecule has 0 saturated heterocycles. The highest BCUT2D eigenvalue weighted by Gasteiger charge is 2.11. The van der Waals surface area contributed by atoms with Crippen molar-refractivity contribution in [1.29, 1.82) is 0 Å². The van der Waals surface area contributed by atoms with Crippen molar-refractivity contribution in [3.05, 3.63) is 104 Å². The highest BCUT2D eigenvalue weighted by Crippen LogP contribution is 2.17. The quantitative estimate of drug-likeness (QED) is 0.377. The van der Waals surface area contributed by atoms with Gasteiger partial charge in [-0.2, -0.15) is 0 Å². The molecule has 0 saturated carbocycles. The van der Waals surface area contributed by atoms with Crippen LogP contribution in [0, 0.1) is 10.5 Å². The van der Waals surface area contributed by atoms with Crippen LogP contribution in [-0.2, 0) is 0 Å². The molecule has 4 heteroatoms. The fraction of sp³-hybridized carbons (Fsp3) is 0.0435. The molecular formula is C23H17IN2O. The van der Waals surface area contributed by atoms with Gasteiger partial charge in [-0.05, 0) is 71.5 Å². The van der Waals surface area contributed by atoms with Gasteiger partial charge in [0.15, 0.2) is 0 Å². The van der Waals surface area contributed by atoms with Gasteiger partial charge in [0.1, 0.15) is 5.82 Å². The monoisotopic (exact) mass is 464 g/mol. The Kier molecular flexibility index (Phi) is 4.90. The predicted molar refractivity (Wildman–Crippen MR) is 120 cm³/mol. The molecule has 4 aromatic rings. The molecule has 0 aliphatic heterocycles. The predicted octanol–water partition coefficient (Wildman–Crippen LogP) is 5.47. The van der Waals surface area contributed by atoms with Crippen molar-refractivity contribution in [3.63, 3.8) is 0 Å². The van der Waals surface area contributed by atoms with Gasteiger partial charge in [0.05, 0.1) is 16.6 Å². The molecule has 0 unspecified atom stereocenters. The van der Waals surface area contributed by atoms with Crippen molar-refractivity contribution >= 4 is 45.6 Å². The van der Waals surface area contributed by atoms with Crippen LogP contribution in [0.5, 0.6) is 0 Å². The summed E-state index contributed by atoms with van der Waals surface area (Å²) in [5.41, 5.74) is 3.72. The SMILES string of the molecule is Cc1cccc(C=Cc2nc3ccc(I)cc3c(=O)n2-c2ccccc2)c1. The standard InChI is InChI=1S/C23H17IN2O/c1-16-6-5-7-17(14-16)10-13-22-25-21-12-11-18(24)15-20(21)23(27)26(22)19-8-3-2-4-9-19/h2-15H,1H3. The summed E-state index contributed by atoms with van der Waals surface area (Å²) in [6.07, 6.45) is 3.90. The van der Waals surface area contributed by atoms with Gasteiger partial charge in [-0.15, -0.1) is 0 Å². The Balaban J connectivity index is 1.95. The fourth-order valence-corrected chi connectivity index (χ4v) is 3.55. The first-order valence-electron chi connectivity index (χ1n) is 8.64. The summed E-state index contributed by atoms with van der Waals surface area (Å²) in [6.45, 7) is 2.06. The van der Waals surface area contributed by atoms with E-state index in [1.54, 1.807) is 4.57 Å². The summed E-state index contributed by atoms with van der Waals surface area (Å²) >= 11 is 2.22. The van der Waals surface area contributed by atoms with Crippen LogP contribution >= 0.6 is 22.6 Å². The van der Waals surface area contributed by atoms with Crippen LogP contribution in [0.25, 0.3) is 28.7 Å². The van der Waals surface area contributed by atoms with Crippen molar-refractivity contribution in [2.45, 2.75) is 6.92 Å². The maximum absolute atomic E-state index is 13.3. The van der Waals surface area contributed by atoms with Crippen molar-refractivity contribution in [1.82, 2.24) is 9.55 Å². The van der Waals surface area contributed by atoms with E-state index in [-0.39, 0.29) is 5.56 Å². The Bertz CT molecular complexity index is 1210. The van der Waals surface area contributed by atoms with Crippen molar-refractivity contribution in [2.24, 2.45) is 0 Å². The highest BCUT2D eigenvalue weighted by atomic mass is 127. The van der Waals surface area contributed by atoms with Gasteiger partial charge in [0.2, 0.25) is 0 Å². The second kappa shape index (κ2) is 7.48. The van der Waals surface area contributed by atoms with Crippen molar-refractivity contribution in [3.8, 4) is 5.69 Å². The molecule has 0 fully saturated rings. The summed E-state index contributed by atoms with van der Waals surface area (Å²) in [6, 6.07) is 23.6. The van der Waals surface area contributed by atoms with E-state index in [0.29, 0.717) is 16.7 Å². The first-order valence-corrected chi connectivity index (χ1v) is 9.72. The lowest BCUT2D eigenvalue weighted by Crippen LogP contribution is -2.22. The van der Waals surface area contributed by atoms with E-state index in [1.807, 2.05) is 72.8 Å². The third kappa shape index (κ3) is 3.71.